The number of nitrogens with zero attached hydrogens (tertiary/aromatic N) is 1. The Hall–Kier alpha value is -0.380. The van der Waals surface area contributed by atoms with Crippen LogP contribution in [0.3, 0.4) is 0 Å². The Morgan fingerprint density at radius 1 is 1.27 bits per heavy atom. The number of hydrogen-bond acceptors (Lipinski definition) is 3. The van der Waals surface area contributed by atoms with Gasteiger partial charge in [0, 0.05) is 13.0 Å². The molecule has 0 bridgehead atoms. The fraction of sp³-hybridized carbons (Fsp3) is 0.750. The maximum atomic E-state index is 8.47. The van der Waals surface area contributed by atoms with Gasteiger partial charge in [0.05, 0.1) is 0 Å². The molecular weight excluding hydrogens is 142 g/mol. The zero-order valence-corrected chi connectivity index (χ0v) is 7.20. The minimum absolute atomic E-state index is 0.421. The topological polar surface area (TPSA) is 43.7 Å². The third-order valence-corrected chi connectivity index (χ3v) is 1.23. The van der Waals surface area contributed by atoms with Gasteiger partial charge in [-0.25, -0.2) is 0 Å². The SMILES string of the molecule is CN(C)CC=CCCC(O)O. The van der Waals surface area contributed by atoms with Gasteiger partial charge in [0.15, 0.2) is 6.29 Å². The maximum absolute atomic E-state index is 8.47. The van der Waals surface area contributed by atoms with E-state index in [1.165, 1.54) is 0 Å². The van der Waals surface area contributed by atoms with E-state index in [0.29, 0.717) is 6.42 Å². The number of allylic oxidation sites excluding steroid dienone is 1. The largest absolute Gasteiger partial charge is 0.368 e. The summed E-state index contributed by atoms with van der Waals surface area (Å²) >= 11 is 0. The molecule has 0 aliphatic rings. The highest BCUT2D eigenvalue weighted by Gasteiger charge is 1.92. The standard InChI is InChI=1S/C8H17NO2/c1-9(2)7-5-3-4-6-8(10)11/h3,5,8,10-11H,4,6-7H2,1-2H3. The van der Waals surface area contributed by atoms with Gasteiger partial charge in [-0.2, -0.15) is 0 Å². The first kappa shape index (κ1) is 10.6. The summed E-state index contributed by atoms with van der Waals surface area (Å²) in [5, 5.41) is 16.9. The van der Waals surface area contributed by atoms with Gasteiger partial charge in [0.2, 0.25) is 0 Å². The van der Waals surface area contributed by atoms with Crippen LogP contribution in [0, 0.1) is 0 Å². The summed E-state index contributed by atoms with van der Waals surface area (Å²) < 4.78 is 0. The lowest BCUT2D eigenvalue weighted by Crippen LogP contribution is -2.10. The molecule has 0 fully saturated rings. The normalized spacial score (nSPS) is 12.2. The Bertz CT molecular complexity index is 111. The van der Waals surface area contributed by atoms with E-state index < -0.39 is 6.29 Å². The minimum Gasteiger partial charge on any atom is -0.368 e. The Kier molecular flexibility index (Phi) is 6.12. The molecule has 0 saturated carbocycles. The lowest BCUT2D eigenvalue weighted by molar-refractivity contribution is -0.0442. The van der Waals surface area contributed by atoms with E-state index in [1.807, 2.05) is 31.1 Å². The van der Waals surface area contributed by atoms with E-state index in [0.717, 1.165) is 13.0 Å². The second-order valence-corrected chi connectivity index (χ2v) is 2.79. The second kappa shape index (κ2) is 6.34. The van der Waals surface area contributed by atoms with Crippen molar-refractivity contribution >= 4 is 0 Å². The molecule has 0 heterocycles. The Balaban J connectivity index is 3.17. The molecule has 0 unspecified atom stereocenters. The smallest absolute Gasteiger partial charge is 0.151 e. The molecule has 3 heteroatoms. The minimum atomic E-state index is -1.17. The van der Waals surface area contributed by atoms with Crippen molar-refractivity contribution < 1.29 is 10.2 Å². The molecule has 0 spiro atoms. The van der Waals surface area contributed by atoms with Gasteiger partial charge in [-0.05, 0) is 20.5 Å². The van der Waals surface area contributed by atoms with Crippen LogP contribution in [0.5, 0.6) is 0 Å². The molecule has 0 amide bonds. The number of aliphatic hydroxyl groups excluding tert-OH is 1. The summed E-state index contributed by atoms with van der Waals surface area (Å²) in [6, 6.07) is 0. The van der Waals surface area contributed by atoms with Gasteiger partial charge in [-0.1, -0.05) is 12.2 Å². The Labute approximate surface area is 68.0 Å². The molecule has 0 aromatic heterocycles. The molecule has 0 aromatic rings. The van der Waals surface area contributed by atoms with Crippen molar-refractivity contribution in [3.63, 3.8) is 0 Å². The molecule has 0 aliphatic carbocycles. The molecule has 11 heavy (non-hydrogen) atoms. The van der Waals surface area contributed by atoms with Crippen molar-refractivity contribution in [1.82, 2.24) is 4.90 Å². The third kappa shape index (κ3) is 9.62. The van der Waals surface area contributed by atoms with Gasteiger partial charge >= 0.3 is 0 Å². The van der Waals surface area contributed by atoms with E-state index in [1.54, 1.807) is 0 Å². The highest BCUT2D eigenvalue weighted by atomic mass is 16.5. The molecule has 0 atom stereocenters. The molecule has 0 rings (SSSR count). The van der Waals surface area contributed by atoms with Crippen molar-refractivity contribution in [2.24, 2.45) is 0 Å². The zero-order chi connectivity index (χ0) is 8.69. The average Bonchev–Trinajstić information content (AvgIpc) is 1.85. The summed E-state index contributed by atoms with van der Waals surface area (Å²) in [4.78, 5) is 2.05. The second-order valence-electron chi connectivity index (χ2n) is 2.79. The number of likely N-dealkylation sites (N-methyl/N-ethyl adjacent to an activating group) is 1. The molecule has 3 nitrogen and oxygen atoms in total. The molecule has 0 aliphatic heterocycles. The van der Waals surface area contributed by atoms with Crippen molar-refractivity contribution in [2.45, 2.75) is 19.1 Å². The average molecular weight is 159 g/mol. The van der Waals surface area contributed by atoms with E-state index in [-0.39, 0.29) is 0 Å². The zero-order valence-electron chi connectivity index (χ0n) is 7.20. The highest BCUT2D eigenvalue weighted by Crippen LogP contribution is 1.94. The van der Waals surface area contributed by atoms with E-state index in [4.69, 9.17) is 10.2 Å². The van der Waals surface area contributed by atoms with E-state index >= 15 is 0 Å². The van der Waals surface area contributed by atoms with Gasteiger partial charge in [0.1, 0.15) is 0 Å². The fourth-order valence-corrected chi connectivity index (χ4v) is 0.649. The predicted octanol–water partition coefficient (Wildman–Crippen LogP) is 0.195. The fourth-order valence-electron chi connectivity index (χ4n) is 0.649. The van der Waals surface area contributed by atoms with Crippen molar-refractivity contribution in [2.75, 3.05) is 20.6 Å². The Morgan fingerprint density at radius 2 is 1.91 bits per heavy atom. The van der Waals surface area contributed by atoms with Crippen LogP contribution in [0.4, 0.5) is 0 Å². The van der Waals surface area contributed by atoms with Gasteiger partial charge in [-0.15, -0.1) is 0 Å². The van der Waals surface area contributed by atoms with Crippen LogP contribution < -0.4 is 0 Å². The number of rotatable bonds is 5. The predicted molar refractivity (Wildman–Crippen MR) is 45.2 cm³/mol. The molecule has 0 aromatic carbocycles. The van der Waals surface area contributed by atoms with Crippen LogP contribution in [-0.4, -0.2) is 42.0 Å². The van der Waals surface area contributed by atoms with E-state index in [2.05, 4.69) is 0 Å². The summed E-state index contributed by atoms with van der Waals surface area (Å²) in [6.07, 6.45) is 3.95. The molecular formula is C8H17NO2. The van der Waals surface area contributed by atoms with Crippen LogP contribution in [0.1, 0.15) is 12.8 Å². The van der Waals surface area contributed by atoms with E-state index in [9.17, 15) is 0 Å². The maximum Gasteiger partial charge on any atom is 0.151 e. The van der Waals surface area contributed by atoms with Gasteiger partial charge in [-0.3, -0.25) is 0 Å². The quantitative estimate of drug-likeness (QED) is 0.445. The van der Waals surface area contributed by atoms with Crippen LogP contribution in [0.2, 0.25) is 0 Å². The van der Waals surface area contributed by atoms with Crippen LogP contribution in [0.25, 0.3) is 0 Å². The first-order valence-electron chi connectivity index (χ1n) is 3.79. The first-order chi connectivity index (χ1) is 5.13. The first-order valence-corrected chi connectivity index (χ1v) is 3.79. The van der Waals surface area contributed by atoms with Gasteiger partial charge in [0.25, 0.3) is 0 Å². The molecule has 2 N–H and O–H groups in total. The Morgan fingerprint density at radius 3 is 2.36 bits per heavy atom. The summed E-state index contributed by atoms with van der Waals surface area (Å²) in [5.41, 5.74) is 0. The summed E-state index contributed by atoms with van der Waals surface area (Å²) in [5.74, 6) is 0. The summed E-state index contributed by atoms with van der Waals surface area (Å²) in [7, 11) is 3.98. The monoisotopic (exact) mass is 159 g/mol. The van der Waals surface area contributed by atoms with Gasteiger partial charge < -0.3 is 15.1 Å². The van der Waals surface area contributed by atoms with Crippen molar-refractivity contribution in [3.8, 4) is 0 Å². The third-order valence-electron chi connectivity index (χ3n) is 1.23. The lowest BCUT2D eigenvalue weighted by Gasteiger charge is -2.03. The molecule has 66 valence electrons. The van der Waals surface area contributed by atoms with Crippen molar-refractivity contribution in [3.05, 3.63) is 12.2 Å². The van der Waals surface area contributed by atoms with Crippen LogP contribution in [0.15, 0.2) is 12.2 Å². The number of aliphatic hydroxyl groups is 2. The van der Waals surface area contributed by atoms with Crippen LogP contribution in [-0.2, 0) is 0 Å². The van der Waals surface area contributed by atoms with Crippen LogP contribution >= 0.6 is 0 Å². The number of hydrogen-bond donors (Lipinski definition) is 2. The molecule has 0 saturated heterocycles. The molecule has 0 radical (unpaired) electrons. The van der Waals surface area contributed by atoms with Crippen molar-refractivity contribution in [1.29, 1.82) is 0 Å². The highest BCUT2D eigenvalue weighted by molar-refractivity contribution is 4.83. The summed E-state index contributed by atoms with van der Waals surface area (Å²) in [6.45, 7) is 0.904. The lowest BCUT2D eigenvalue weighted by atomic mass is 10.3.